The van der Waals surface area contributed by atoms with E-state index in [1.165, 1.54) is 22.6 Å². The monoisotopic (exact) mass is 636 g/mol. The van der Waals surface area contributed by atoms with Crippen LogP contribution in [-0.2, 0) is 32.7 Å². The number of nitrogens with zero attached hydrogens (tertiary/aromatic N) is 7. The molecule has 0 saturated carbocycles. The van der Waals surface area contributed by atoms with Gasteiger partial charge in [0.1, 0.15) is 17.6 Å². The van der Waals surface area contributed by atoms with Gasteiger partial charge in [-0.2, -0.15) is 5.10 Å². The predicted molar refractivity (Wildman–Crippen MR) is 156 cm³/mol. The van der Waals surface area contributed by atoms with E-state index in [2.05, 4.69) is 25.4 Å². The van der Waals surface area contributed by atoms with Gasteiger partial charge in [-0.05, 0) is 43.0 Å². The molecule has 0 bridgehead atoms. The third-order valence-corrected chi connectivity index (χ3v) is 7.71. The number of benzene rings is 1. The van der Waals surface area contributed by atoms with E-state index in [1.54, 1.807) is 37.1 Å². The highest BCUT2D eigenvalue weighted by atomic mass is 19.2. The van der Waals surface area contributed by atoms with Crippen molar-refractivity contribution in [1.29, 1.82) is 0 Å². The van der Waals surface area contributed by atoms with Gasteiger partial charge in [0.05, 0.1) is 12.8 Å². The maximum Gasteiger partial charge on any atom is 0.312 e. The average Bonchev–Trinajstić information content (AvgIpc) is 3.60. The molecular formula is C30H30F2N8O6. The SMILES string of the molecule is COC[C@@H]1C2OC(=O)CCCCC(=O)Oc3c(-c4nc(Nc5ccnn5C)ncc4C)nc(n32)C(=O)N1Cc1ccc(F)c(F)c1. The highest BCUT2D eigenvalue weighted by Gasteiger charge is 2.47. The molecule has 0 saturated heterocycles. The lowest BCUT2D eigenvalue weighted by Gasteiger charge is -2.40. The summed E-state index contributed by atoms with van der Waals surface area (Å²) in [6.07, 6.45) is 2.63. The minimum absolute atomic E-state index is 0.00561. The smallest absolute Gasteiger partial charge is 0.312 e. The van der Waals surface area contributed by atoms with Crippen LogP contribution in [0.4, 0.5) is 20.5 Å². The molecule has 0 radical (unpaired) electrons. The molecule has 5 heterocycles. The van der Waals surface area contributed by atoms with Crippen LogP contribution in [0.25, 0.3) is 11.4 Å². The Bertz CT molecular complexity index is 1820. The van der Waals surface area contributed by atoms with Crippen molar-refractivity contribution in [2.24, 2.45) is 7.05 Å². The molecule has 0 aliphatic carbocycles. The molecule has 2 atom stereocenters. The fourth-order valence-electron chi connectivity index (χ4n) is 5.40. The second kappa shape index (κ2) is 12.6. The van der Waals surface area contributed by atoms with Gasteiger partial charge in [0.15, 0.2) is 17.3 Å². The molecule has 16 heteroatoms. The lowest BCUT2D eigenvalue weighted by molar-refractivity contribution is -0.162. The van der Waals surface area contributed by atoms with Crippen LogP contribution in [0.2, 0.25) is 0 Å². The molecule has 1 unspecified atom stereocenters. The number of carbonyl (C=O) groups is 3. The molecule has 240 valence electrons. The lowest BCUT2D eigenvalue weighted by Crippen LogP contribution is -2.53. The molecule has 2 aliphatic heterocycles. The van der Waals surface area contributed by atoms with Gasteiger partial charge >= 0.3 is 11.9 Å². The van der Waals surface area contributed by atoms with Crippen LogP contribution < -0.4 is 10.1 Å². The number of esters is 2. The van der Waals surface area contributed by atoms with Crippen molar-refractivity contribution in [3.8, 4) is 17.3 Å². The van der Waals surface area contributed by atoms with Crippen LogP contribution in [0.5, 0.6) is 5.88 Å². The van der Waals surface area contributed by atoms with Crippen molar-refractivity contribution in [1.82, 2.24) is 34.2 Å². The number of nitrogens with one attached hydrogen (secondary N) is 1. The Morgan fingerprint density at radius 3 is 2.54 bits per heavy atom. The number of carbonyl (C=O) groups excluding carboxylic acids is 3. The largest absolute Gasteiger partial charge is 0.439 e. The van der Waals surface area contributed by atoms with Gasteiger partial charge in [-0.25, -0.2) is 23.7 Å². The average molecular weight is 637 g/mol. The second-order valence-corrected chi connectivity index (χ2v) is 10.9. The van der Waals surface area contributed by atoms with Crippen LogP contribution in [0.3, 0.4) is 0 Å². The molecule has 1 amide bonds. The molecule has 0 fully saturated rings. The van der Waals surface area contributed by atoms with Crippen LogP contribution >= 0.6 is 0 Å². The summed E-state index contributed by atoms with van der Waals surface area (Å²) in [6, 6.07) is 4.04. The Morgan fingerprint density at radius 1 is 1.04 bits per heavy atom. The summed E-state index contributed by atoms with van der Waals surface area (Å²) in [7, 11) is 3.14. The summed E-state index contributed by atoms with van der Waals surface area (Å²) in [5.41, 5.74) is 1.10. The number of halogens is 2. The summed E-state index contributed by atoms with van der Waals surface area (Å²) in [4.78, 5) is 55.3. The van der Waals surface area contributed by atoms with Crippen molar-refractivity contribution < 1.29 is 37.4 Å². The fourth-order valence-corrected chi connectivity index (χ4v) is 5.40. The number of aryl methyl sites for hydroxylation is 2. The fraction of sp³-hybridized carbons (Fsp3) is 0.367. The molecule has 4 aromatic rings. The van der Waals surface area contributed by atoms with Gasteiger partial charge in [-0.15, -0.1) is 0 Å². The summed E-state index contributed by atoms with van der Waals surface area (Å²) in [6.45, 7) is 1.41. The summed E-state index contributed by atoms with van der Waals surface area (Å²) >= 11 is 0. The summed E-state index contributed by atoms with van der Waals surface area (Å²) < 4.78 is 48.1. The minimum atomic E-state index is -1.26. The quantitative estimate of drug-likeness (QED) is 0.296. The first-order chi connectivity index (χ1) is 22.1. The number of amides is 1. The maximum atomic E-state index is 14.2. The normalized spacial score (nSPS) is 18.5. The Kier molecular flexibility index (Phi) is 8.44. The molecule has 46 heavy (non-hydrogen) atoms. The van der Waals surface area contributed by atoms with E-state index in [9.17, 15) is 23.2 Å². The van der Waals surface area contributed by atoms with Crippen molar-refractivity contribution >= 4 is 29.6 Å². The number of ether oxygens (including phenoxy) is 3. The maximum absolute atomic E-state index is 14.2. The molecule has 14 nitrogen and oxygen atoms in total. The van der Waals surface area contributed by atoms with Crippen LogP contribution in [0.1, 0.15) is 53.7 Å². The number of hydrogen-bond acceptors (Lipinski definition) is 11. The standard InChI is InChI=1S/C30H30F2N8O6/c1-16-13-33-30(35-21-10-11-34-38(21)2)37-24(16)25-29-40-26(36-25)27(43)39(14-17-8-9-18(31)19(32)12-17)20(15-44-3)28(40)45-22(41)6-4-5-7-23(42)46-29/h8-13,20,28H,4-7,14-15H2,1-3H3,(H,33,35,37)/t20-,28?/m1/s1. The summed E-state index contributed by atoms with van der Waals surface area (Å²) in [5.74, 6) is -3.54. The topological polar surface area (TPSA) is 156 Å². The van der Waals surface area contributed by atoms with Crippen molar-refractivity contribution in [2.45, 2.75) is 51.4 Å². The van der Waals surface area contributed by atoms with Gasteiger partial charge in [-0.3, -0.25) is 23.6 Å². The molecular weight excluding hydrogens is 606 g/mol. The zero-order valence-corrected chi connectivity index (χ0v) is 25.2. The highest BCUT2D eigenvalue weighted by Crippen LogP contribution is 2.41. The van der Waals surface area contributed by atoms with Crippen LogP contribution in [0, 0.1) is 18.6 Å². The van der Waals surface area contributed by atoms with E-state index in [0.717, 1.165) is 12.1 Å². The number of hydrogen-bond donors (Lipinski definition) is 1. The number of imidazole rings is 1. The van der Waals surface area contributed by atoms with Crippen molar-refractivity contribution in [2.75, 3.05) is 19.0 Å². The number of rotatable bonds is 7. The van der Waals surface area contributed by atoms with E-state index in [-0.39, 0.29) is 60.6 Å². The predicted octanol–water partition coefficient (Wildman–Crippen LogP) is 3.60. The van der Waals surface area contributed by atoms with Gasteiger partial charge in [0.25, 0.3) is 5.91 Å². The van der Waals surface area contributed by atoms with E-state index >= 15 is 0 Å². The van der Waals surface area contributed by atoms with Gasteiger partial charge in [0, 0.05) is 45.8 Å². The molecule has 3 aromatic heterocycles. The van der Waals surface area contributed by atoms with Crippen LogP contribution in [-0.4, -0.2) is 71.8 Å². The summed E-state index contributed by atoms with van der Waals surface area (Å²) in [5, 5.41) is 7.19. The number of anilines is 2. The number of aromatic nitrogens is 6. The van der Waals surface area contributed by atoms with Crippen molar-refractivity contribution in [3.63, 3.8) is 0 Å². The van der Waals surface area contributed by atoms with E-state index in [1.807, 2.05) is 0 Å². The second-order valence-electron chi connectivity index (χ2n) is 10.9. The molecule has 2 aliphatic rings. The Hall–Kier alpha value is -5.25. The zero-order valence-electron chi connectivity index (χ0n) is 25.2. The first-order valence-electron chi connectivity index (χ1n) is 14.5. The van der Waals surface area contributed by atoms with E-state index in [0.29, 0.717) is 24.2 Å². The Balaban J connectivity index is 1.52. The molecule has 6 rings (SSSR count). The van der Waals surface area contributed by atoms with E-state index in [4.69, 9.17) is 14.2 Å². The molecule has 0 spiro atoms. The van der Waals surface area contributed by atoms with E-state index < -0.39 is 41.7 Å². The highest BCUT2D eigenvalue weighted by molar-refractivity contribution is 5.94. The Labute approximate surface area is 261 Å². The third-order valence-electron chi connectivity index (χ3n) is 7.71. The van der Waals surface area contributed by atoms with Crippen molar-refractivity contribution in [3.05, 3.63) is 65.2 Å². The molecule has 1 N–H and O–H groups in total. The van der Waals surface area contributed by atoms with Gasteiger partial charge < -0.3 is 24.4 Å². The Morgan fingerprint density at radius 2 is 1.83 bits per heavy atom. The van der Waals surface area contributed by atoms with Crippen LogP contribution in [0.15, 0.2) is 36.7 Å². The van der Waals surface area contributed by atoms with Gasteiger partial charge in [0.2, 0.25) is 23.9 Å². The zero-order chi connectivity index (χ0) is 32.5. The first kappa shape index (κ1) is 30.8. The third kappa shape index (κ3) is 5.90. The first-order valence-corrected chi connectivity index (χ1v) is 14.5. The van der Waals surface area contributed by atoms with Gasteiger partial charge in [-0.1, -0.05) is 6.07 Å². The lowest BCUT2D eigenvalue weighted by atomic mass is 10.1. The minimum Gasteiger partial charge on any atom is -0.439 e. The molecule has 1 aromatic carbocycles. The number of methoxy groups -OCH3 is 1.